The summed E-state index contributed by atoms with van der Waals surface area (Å²) in [6.45, 7) is 6.19. The molecule has 2 aliphatic heterocycles. The van der Waals surface area contributed by atoms with Crippen LogP contribution in [0, 0.1) is 17.2 Å². The van der Waals surface area contributed by atoms with Crippen molar-refractivity contribution in [2.45, 2.75) is 25.3 Å². The Morgan fingerprint density at radius 3 is 2.58 bits per heavy atom. The maximum absolute atomic E-state index is 10.9. The molecule has 2 heterocycles. The average molecular weight is 266 g/mol. The standard InChI is InChI=1S/C13H22N4O2/c1-13(10-14,11-3-2-4-15-9-11)17-7-5-16(6-8-17)12(18)19/h11,15H,2-9H2,1H3,(H,18,19). The normalized spacial score (nSPS) is 28.4. The molecule has 19 heavy (non-hydrogen) atoms. The molecule has 106 valence electrons. The summed E-state index contributed by atoms with van der Waals surface area (Å²) >= 11 is 0. The molecule has 1 amide bonds. The molecule has 0 aliphatic carbocycles. The first-order valence-electron chi connectivity index (χ1n) is 6.93. The molecule has 0 aromatic carbocycles. The molecule has 0 aromatic rings. The second-order valence-corrected chi connectivity index (χ2v) is 5.56. The van der Waals surface area contributed by atoms with Crippen molar-refractivity contribution in [3.63, 3.8) is 0 Å². The fourth-order valence-corrected chi connectivity index (χ4v) is 3.11. The molecule has 2 atom stereocenters. The molecule has 6 nitrogen and oxygen atoms in total. The zero-order valence-electron chi connectivity index (χ0n) is 11.4. The van der Waals surface area contributed by atoms with Crippen LogP contribution in [0.2, 0.25) is 0 Å². The monoisotopic (exact) mass is 266 g/mol. The lowest BCUT2D eigenvalue weighted by Gasteiger charge is -2.46. The Labute approximate surface area is 114 Å². The minimum Gasteiger partial charge on any atom is -0.465 e. The summed E-state index contributed by atoms with van der Waals surface area (Å²) < 4.78 is 0. The maximum Gasteiger partial charge on any atom is 0.407 e. The number of piperazine rings is 1. The van der Waals surface area contributed by atoms with Crippen LogP contribution in [0.5, 0.6) is 0 Å². The van der Waals surface area contributed by atoms with Gasteiger partial charge in [-0.05, 0) is 26.3 Å². The number of nitrogens with one attached hydrogen (secondary N) is 1. The van der Waals surface area contributed by atoms with Gasteiger partial charge in [0.2, 0.25) is 0 Å². The van der Waals surface area contributed by atoms with Gasteiger partial charge in [0.15, 0.2) is 0 Å². The molecule has 2 unspecified atom stereocenters. The van der Waals surface area contributed by atoms with Crippen molar-refractivity contribution in [3.05, 3.63) is 0 Å². The van der Waals surface area contributed by atoms with Gasteiger partial charge in [0.1, 0.15) is 5.54 Å². The van der Waals surface area contributed by atoms with Crippen LogP contribution in [0.25, 0.3) is 0 Å². The molecular weight excluding hydrogens is 244 g/mol. The highest BCUT2D eigenvalue weighted by molar-refractivity contribution is 5.65. The number of amides is 1. The van der Waals surface area contributed by atoms with E-state index >= 15 is 0 Å². The second-order valence-electron chi connectivity index (χ2n) is 5.56. The predicted octanol–water partition coefficient (Wildman–Crippen LogP) is 0.564. The van der Waals surface area contributed by atoms with E-state index < -0.39 is 11.6 Å². The Morgan fingerprint density at radius 1 is 1.42 bits per heavy atom. The van der Waals surface area contributed by atoms with Gasteiger partial charge in [-0.3, -0.25) is 4.90 Å². The van der Waals surface area contributed by atoms with E-state index in [2.05, 4.69) is 16.3 Å². The van der Waals surface area contributed by atoms with E-state index in [0.29, 0.717) is 32.1 Å². The Bertz CT molecular complexity index is 367. The molecule has 6 heteroatoms. The lowest BCUT2D eigenvalue weighted by Crippen LogP contribution is -2.60. The van der Waals surface area contributed by atoms with Crippen molar-refractivity contribution in [2.24, 2.45) is 5.92 Å². The summed E-state index contributed by atoms with van der Waals surface area (Å²) in [6.07, 6.45) is 1.31. The van der Waals surface area contributed by atoms with Crippen LogP contribution in [0.15, 0.2) is 0 Å². The molecule has 2 aliphatic rings. The van der Waals surface area contributed by atoms with Crippen molar-refractivity contribution in [1.82, 2.24) is 15.1 Å². The van der Waals surface area contributed by atoms with Crippen molar-refractivity contribution in [3.8, 4) is 6.07 Å². The van der Waals surface area contributed by atoms with Gasteiger partial charge in [0.05, 0.1) is 6.07 Å². The molecule has 2 rings (SSSR count). The Hall–Kier alpha value is -1.32. The summed E-state index contributed by atoms with van der Waals surface area (Å²) in [7, 11) is 0. The minimum atomic E-state index is -0.863. The van der Waals surface area contributed by atoms with Gasteiger partial charge < -0.3 is 15.3 Å². The zero-order chi connectivity index (χ0) is 13.9. The smallest absolute Gasteiger partial charge is 0.407 e. The first-order chi connectivity index (χ1) is 9.08. The fourth-order valence-electron chi connectivity index (χ4n) is 3.11. The van der Waals surface area contributed by atoms with Crippen LogP contribution in [0.3, 0.4) is 0 Å². The molecule has 0 spiro atoms. The summed E-state index contributed by atoms with van der Waals surface area (Å²) in [5.41, 5.74) is -0.488. The highest BCUT2D eigenvalue weighted by Crippen LogP contribution is 2.30. The van der Waals surface area contributed by atoms with Crippen molar-refractivity contribution >= 4 is 6.09 Å². The first kappa shape index (κ1) is 14.1. The molecule has 0 radical (unpaired) electrons. The summed E-state index contributed by atoms with van der Waals surface area (Å²) in [5, 5.41) is 21.9. The van der Waals surface area contributed by atoms with Crippen molar-refractivity contribution in [1.29, 1.82) is 5.26 Å². The largest absolute Gasteiger partial charge is 0.465 e. The summed E-state index contributed by atoms with van der Waals surface area (Å²) in [4.78, 5) is 14.5. The van der Waals surface area contributed by atoms with Gasteiger partial charge in [-0.1, -0.05) is 0 Å². The van der Waals surface area contributed by atoms with Gasteiger partial charge in [-0.25, -0.2) is 4.79 Å². The van der Waals surface area contributed by atoms with Gasteiger partial charge in [0, 0.05) is 38.6 Å². The number of rotatable bonds is 2. The Kier molecular flexibility index (Phi) is 4.27. The van der Waals surface area contributed by atoms with Gasteiger partial charge in [-0.15, -0.1) is 0 Å². The number of carbonyl (C=O) groups is 1. The summed E-state index contributed by atoms with van der Waals surface area (Å²) in [5.74, 6) is 0.322. The van der Waals surface area contributed by atoms with Crippen LogP contribution < -0.4 is 5.32 Å². The van der Waals surface area contributed by atoms with Crippen molar-refractivity contribution in [2.75, 3.05) is 39.3 Å². The van der Waals surface area contributed by atoms with E-state index in [0.717, 1.165) is 25.9 Å². The van der Waals surface area contributed by atoms with E-state index in [1.54, 1.807) is 0 Å². The van der Waals surface area contributed by atoms with E-state index in [4.69, 9.17) is 5.11 Å². The first-order valence-corrected chi connectivity index (χ1v) is 6.93. The van der Waals surface area contributed by atoms with E-state index in [1.807, 2.05) is 6.92 Å². The van der Waals surface area contributed by atoms with Crippen LogP contribution in [0.4, 0.5) is 4.79 Å². The second kappa shape index (κ2) is 5.76. The molecule has 0 saturated carbocycles. The van der Waals surface area contributed by atoms with Gasteiger partial charge in [-0.2, -0.15) is 5.26 Å². The summed E-state index contributed by atoms with van der Waals surface area (Å²) in [6, 6.07) is 2.48. The lowest BCUT2D eigenvalue weighted by atomic mass is 9.80. The highest BCUT2D eigenvalue weighted by atomic mass is 16.4. The number of nitrogens with zero attached hydrogens (tertiary/aromatic N) is 3. The molecule has 2 N–H and O–H groups in total. The third kappa shape index (κ3) is 2.82. The highest BCUT2D eigenvalue weighted by Gasteiger charge is 2.42. The molecular formula is C13H22N4O2. The average Bonchev–Trinajstić information content (AvgIpc) is 2.47. The van der Waals surface area contributed by atoms with E-state index in [-0.39, 0.29) is 0 Å². The quantitative estimate of drug-likeness (QED) is 0.763. The number of piperidine rings is 1. The Balaban J connectivity index is 2.02. The van der Waals surface area contributed by atoms with Crippen LogP contribution in [-0.4, -0.2) is 65.8 Å². The SMILES string of the molecule is CC(C#N)(C1CCCNC1)N1CCN(C(=O)O)CC1. The molecule has 0 aromatic heterocycles. The van der Waals surface area contributed by atoms with Gasteiger partial charge in [0.25, 0.3) is 0 Å². The number of nitriles is 1. The predicted molar refractivity (Wildman–Crippen MR) is 70.8 cm³/mol. The molecule has 2 fully saturated rings. The van der Waals surface area contributed by atoms with Crippen LogP contribution in [0.1, 0.15) is 19.8 Å². The van der Waals surface area contributed by atoms with Crippen molar-refractivity contribution < 1.29 is 9.90 Å². The minimum absolute atomic E-state index is 0.322. The zero-order valence-corrected chi connectivity index (χ0v) is 11.4. The third-order valence-electron chi connectivity index (χ3n) is 4.53. The van der Waals surface area contributed by atoms with Crippen LogP contribution >= 0.6 is 0 Å². The van der Waals surface area contributed by atoms with E-state index in [1.165, 1.54) is 4.90 Å². The third-order valence-corrected chi connectivity index (χ3v) is 4.53. The lowest BCUT2D eigenvalue weighted by molar-refractivity contribution is 0.0330. The Morgan fingerprint density at radius 2 is 2.11 bits per heavy atom. The topological polar surface area (TPSA) is 79.6 Å². The van der Waals surface area contributed by atoms with Gasteiger partial charge >= 0.3 is 6.09 Å². The number of hydrogen-bond donors (Lipinski definition) is 2. The van der Waals surface area contributed by atoms with Crippen LogP contribution in [-0.2, 0) is 0 Å². The maximum atomic E-state index is 10.9. The van der Waals surface area contributed by atoms with E-state index in [9.17, 15) is 10.1 Å². The number of carboxylic acid groups (broad SMARTS) is 1. The molecule has 2 saturated heterocycles. The number of hydrogen-bond acceptors (Lipinski definition) is 4. The molecule has 0 bridgehead atoms. The fraction of sp³-hybridized carbons (Fsp3) is 0.846.